The van der Waals surface area contributed by atoms with E-state index in [1.54, 1.807) is 0 Å². The van der Waals surface area contributed by atoms with Gasteiger partial charge in [-0.2, -0.15) is 0 Å². The number of morpholine rings is 1. The molecule has 2 unspecified atom stereocenters. The van der Waals surface area contributed by atoms with Crippen LogP contribution in [-0.2, 0) is 4.74 Å². The minimum absolute atomic E-state index is 0.0210. The van der Waals surface area contributed by atoms with Crippen LogP contribution in [0, 0.1) is 11.8 Å². The second-order valence-electron chi connectivity index (χ2n) is 5.00. The van der Waals surface area contributed by atoms with Crippen LogP contribution < -0.4 is 5.32 Å². The fourth-order valence-corrected chi connectivity index (χ4v) is 1.60. The molecule has 1 saturated heterocycles. The summed E-state index contributed by atoms with van der Waals surface area (Å²) in [5, 5.41) is 3.46. The van der Waals surface area contributed by atoms with Gasteiger partial charge in [-0.1, -0.05) is 27.7 Å². The lowest BCUT2D eigenvalue weighted by Crippen LogP contribution is -2.56. The van der Waals surface area contributed by atoms with Crippen molar-refractivity contribution in [1.82, 2.24) is 5.32 Å². The van der Waals surface area contributed by atoms with Crippen molar-refractivity contribution in [3.8, 4) is 0 Å². The van der Waals surface area contributed by atoms with Crippen LogP contribution in [0.25, 0.3) is 0 Å². The summed E-state index contributed by atoms with van der Waals surface area (Å²) in [5.41, 5.74) is 0.0210. The van der Waals surface area contributed by atoms with Crippen molar-refractivity contribution in [3.63, 3.8) is 0 Å². The SMILES string of the molecule is CC(C)C1CNCC(C)(C(C)C)O1. The first-order chi connectivity index (χ1) is 5.96. The molecule has 0 radical (unpaired) electrons. The molecule has 2 heteroatoms. The molecular weight excluding hydrogens is 162 g/mol. The molecule has 0 aromatic heterocycles. The Labute approximate surface area is 82.0 Å². The highest BCUT2D eigenvalue weighted by Crippen LogP contribution is 2.27. The molecule has 0 amide bonds. The van der Waals surface area contributed by atoms with Crippen LogP contribution in [-0.4, -0.2) is 24.8 Å². The Kier molecular flexibility index (Phi) is 3.36. The zero-order valence-electron chi connectivity index (χ0n) is 9.55. The first kappa shape index (κ1) is 11.0. The highest BCUT2D eigenvalue weighted by molar-refractivity contribution is 4.88. The van der Waals surface area contributed by atoms with Crippen LogP contribution in [0.4, 0.5) is 0 Å². The molecule has 0 saturated carbocycles. The molecule has 0 aromatic carbocycles. The largest absolute Gasteiger partial charge is 0.369 e. The monoisotopic (exact) mass is 185 g/mol. The van der Waals surface area contributed by atoms with E-state index in [-0.39, 0.29) is 5.60 Å². The van der Waals surface area contributed by atoms with Crippen LogP contribution in [0.3, 0.4) is 0 Å². The third-order valence-electron chi connectivity index (χ3n) is 3.21. The lowest BCUT2D eigenvalue weighted by molar-refractivity contribution is -0.143. The first-order valence-corrected chi connectivity index (χ1v) is 5.34. The molecule has 0 aliphatic carbocycles. The summed E-state index contributed by atoms with van der Waals surface area (Å²) in [6.45, 7) is 13.1. The van der Waals surface area contributed by atoms with E-state index in [4.69, 9.17) is 4.74 Å². The maximum Gasteiger partial charge on any atom is 0.0805 e. The van der Waals surface area contributed by atoms with Crippen molar-refractivity contribution in [2.45, 2.75) is 46.3 Å². The van der Waals surface area contributed by atoms with Gasteiger partial charge in [0.15, 0.2) is 0 Å². The molecule has 0 aromatic rings. The molecule has 1 aliphatic rings. The van der Waals surface area contributed by atoms with E-state index in [2.05, 4.69) is 39.9 Å². The van der Waals surface area contributed by atoms with Crippen LogP contribution >= 0.6 is 0 Å². The number of ether oxygens (including phenoxy) is 1. The molecule has 2 nitrogen and oxygen atoms in total. The fraction of sp³-hybridized carbons (Fsp3) is 1.00. The summed E-state index contributed by atoms with van der Waals surface area (Å²) in [5.74, 6) is 1.17. The third kappa shape index (κ3) is 2.44. The van der Waals surface area contributed by atoms with Crippen LogP contribution in [0.2, 0.25) is 0 Å². The van der Waals surface area contributed by atoms with Gasteiger partial charge >= 0.3 is 0 Å². The number of hydrogen-bond acceptors (Lipinski definition) is 2. The van der Waals surface area contributed by atoms with E-state index in [0.29, 0.717) is 17.9 Å². The minimum Gasteiger partial charge on any atom is -0.369 e. The standard InChI is InChI=1S/C11H23NO/c1-8(2)10-6-12-7-11(5,13-10)9(3)4/h8-10,12H,6-7H2,1-5H3. The Hall–Kier alpha value is -0.0800. The van der Waals surface area contributed by atoms with Gasteiger partial charge < -0.3 is 10.1 Å². The molecule has 0 bridgehead atoms. The van der Waals surface area contributed by atoms with E-state index in [9.17, 15) is 0 Å². The Morgan fingerprint density at radius 3 is 2.38 bits per heavy atom. The third-order valence-corrected chi connectivity index (χ3v) is 3.21. The van der Waals surface area contributed by atoms with Gasteiger partial charge in [-0.3, -0.25) is 0 Å². The summed E-state index contributed by atoms with van der Waals surface area (Å²) in [7, 11) is 0. The van der Waals surface area contributed by atoms with Crippen molar-refractivity contribution in [2.75, 3.05) is 13.1 Å². The summed E-state index contributed by atoms with van der Waals surface area (Å²) < 4.78 is 6.13. The maximum absolute atomic E-state index is 6.13. The van der Waals surface area contributed by atoms with Crippen molar-refractivity contribution in [1.29, 1.82) is 0 Å². The van der Waals surface area contributed by atoms with Crippen molar-refractivity contribution < 1.29 is 4.74 Å². The first-order valence-electron chi connectivity index (χ1n) is 5.34. The minimum atomic E-state index is 0.0210. The van der Waals surface area contributed by atoms with Gasteiger partial charge in [0.2, 0.25) is 0 Å². The molecule has 1 fully saturated rings. The molecule has 1 heterocycles. The average Bonchev–Trinajstić information content (AvgIpc) is 2.04. The topological polar surface area (TPSA) is 21.3 Å². The van der Waals surface area contributed by atoms with Gasteiger partial charge in [0, 0.05) is 13.1 Å². The van der Waals surface area contributed by atoms with E-state index >= 15 is 0 Å². The molecule has 1 aliphatic heterocycles. The van der Waals surface area contributed by atoms with Crippen molar-refractivity contribution >= 4 is 0 Å². The summed E-state index contributed by atoms with van der Waals surface area (Å²) >= 11 is 0. The van der Waals surface area contributed by atoms with E-state index in [0.717, 1.165) is 13.1 Å². The smallest absolute Gasteiger partial charge is 0.0805 e. The highest BCUT2D eigenvalue weighted by atomic mass is 16.5. The zero-order chi connectivity index (χ0) is 10.1. The number of hydrogen-bond donors (Lipinski definition) is 1. The molecular formula is C11H23NO. The van der Waals surface area contributed by atoms with E-state index in [1.807, 2.05) is 0 Å². The van der Waals surface area contributed by atoms with E-state index in [1.165, 1.54) is 0 Å². The Morgan fingerprint density at radius 2 is 1.92 bits per heavy atom. The zero-order valence-corrected chi connectivity index (χ0v) is 9.55. The summed E-state index contributed by atoms with van der Waals surface area (Å²) in [6, 6.07) is 0. The molecule has 1 N–H and O–H groups in total. The van der Waals surface area contributed by atoms with Crippen molar-refractivity contribution in [3.05, 3.63) is 0 Å². The quantitative estimate of drug-likeness (QED) is 0.711. The average molecular weight is 185 g/mol. The van der Waals surface area contributed by atoms with Crippen LogP contribution in [0.1, 0.15) is 34.6 Å². The number of rotatable bonds is 2. The van der Waals surface area contributed by atoms with Gasteiger partial charge in [0.25, 0.3) is 0 Å². The summed E-state index contributed by atoms with van der Waals surface area (Å²) in [6.07, 6.45) is 0.376. The van der Waals surface area contributed by atoms with Gasteiger partial charge in [-0.25, -0.2) is 0 Å². The molecule has 13 heavy (non-hydrogen) atoms. The lowest BCUT2D eigenvalue weighted by Gasteiger charge is -2.43. The molecule has 78 valence electrons. The van der Waals surface area contributed by atoms with E-state index < -0.39 is 0 Å². The summed E-state index contributed by atoms with van der Waals surface area (Å²) in [4.78, 5) is 0. The predicted molar refractivity (Wildman–Crippen MR) is 55.8 cm³/mol. The van der Waals surface area contributed by atoms with Crippen LogP contribution in [0.5, 0.6) is 0 Å². The van der Waals surface area contributed by atoms with Crippen molar-refractivity contribution in [2.24, 2.45) is 11.8 Å². The fourth-order valence-electron chi connectivity index (χ4n) is 1.60. The maximum atomic E-state index is 6.13. The second-order valence-corrected chi connectivity index (χ2v) is 5.00. The van der Waals surface area contributed by atoms with Crippen LogP contribution in [0.15, 0.2) is 0 Å². The lowest BCUT2D eigenvalue weighted by atomic mass is 9.89. The van der Waals surface area contributed by atoms with Gasteiger partial charge in [0.1, 0.15) is 0 Å². The Bertz CT molecular complexity index is 167. The Morgan fingerprint density at radius 1 is 1.31 bits per heavy atom. The van der Waals surface area contributed by atoms with Gasteiger partial charge in [0.05, 0.1) is 11.7 Å². The molecule has 0 spiro atoms. The second kappa shape index (κ2) is 3.97. The normalized spacial score (nSPS) is 35.8. The van der Waals surface area contributed by atoms with Gasteiger partial charge in [-0.05, 0) is 18.8 Å². The molecule has 2 atom stereocenters. The number of nitrogens with one attached hydrogen (secondary N) is 1. The highest BCUT2D eigenvalue weighted by Gasteiger charge is 2.36. The van der Waals surface area contributed by atoms with Gasteiger partial charge in [-0.15, -0.1) is 0 Å². The predicted octanol–water partition coefficient (Wildman–Crippen LogP) is 2.05. The Balaban J connectivity index is 2.60. The molecule has 1 rings (SSSR count).